The highest BCUT2D eigenvalue weighted by Gasteiger charge is 2.53. The summed E-state index contributed by atoms with van der Waals surface area (Å²) in [6.07, 6.45) is 0. The van der Waals surface area contributed by atoms with E-state index >= 15 is 0 Å². The van der Waals surface area contributed by atoms with E-state index in [1.807, 2.05) is 4.72 Å². The molecule has 0 bridgehead atoms. The summed E-state index contributed by atoms with van der Waals surface area (Å²) in [6.45, 7) is -0.00687. The largest absolute Gasteiger partial charge is 0.493 e. The summed E-state index contributed by atoms with van der Waals surface area (Å²) in [5, 5.41) is 3.12. The number of fused-ring (bicyclic) bond motifs is 3. The van der Waals surface area contributed by atoms with Gasteiger partial charge in [-0.15, -0.1) is 0 Å². The first kappa shape index (κ1) is 28.7. The number of rotatable bonds is 7. The Morgan fingerprint density at radius 2 is 1.53 bits per heavy atom. The monoisotopic (exact) mass is 630 g/mol. The molecule has 1 fully saturated rings. The maximum absolute atomic E-state index is 13.3. The van der Waals surface area contributed by atoms with Crippen molar-refractivity contribution >= 4 is 33.6 Å². The van der Waals surface area contributed by atoms with E-state index in [9.17, 15) is 18.0 Å². The van der Waals surface area contributed by atoms with Gasteiger partial charge in [0.2, 0.25) is 12.5 Å². The highest BCUT2D eigenvalue weighted by molar-refractivity contribution is 7.90. The number of hydrogen-bond donors (Lipinski definition) is 2. The highest BCUT2D eigenvalue weighted by Crippen LogP contribution is 2.55. The second-order valence-electron chi connectivity index (χ2n) is 10.1. The van der Waals surface area contributed by atoms with Crippen molar-refractivity contribution in [3.8, 4) is 28.7 Å². The number of benzene rings is 3. The van der Waals surface area contributed by atoms with E-state index in [0.717, 1.165) is 0 Å². The van der Waals surface area contributed by atoms with E-state index in [0.29, 0.717) is 50.5 Å². The molecule has 0 aromatic heterocycles. The van der Waals surface area contributed by atoms with Gasteiger partial charge >= 0.3 is 12.0 Å². The molecule has 3 aromatic rings. The summed E-state index contributed by atoms with van der Waals surface area (Å²) < 4.78 is 61.4. The molecule has 226 valence electrons. The molecule has 3 aliphatic rings. The van der Waals surface area contributed by atoms with Crippen LogP contribution in [0.2, 0.25) is 5.02 Å². The standard InChI is InChI=1S/C29H27ClN2O10S/c1-37-22-8-14(9-23(38-2)27(22)39-3)24-17-10-20-21(42-13-41-20)11-18(17)26(19-12-40-28(33)25(19)24)31-29(34)32-43(35,36)16-6-4-15(30)5-7-16/h4-11,19,24-26H,12-13H2,1-3H3,(H2,31,32,34)/t19-,24+,25-,26+/m0/s1. The number of sulfonamides is 1. The fourth-order valence-electron chi connectivity index (χ4n) is 5.99. The average Bonchev–Trinajstić information content (AvgIpc) is 3.61. The zero-order valence-corrected chi connectivity index (χ0v) is 24.8. The molecule has 43 heavy (non-hydrogen) atoms. The number of hydrogen-bond acceptors (Lipinski definition) is 10. The number of carbonyl (C=O) groups is 2. The van der Waals surface area contributed by atoms with Crippen molar-refractivity contribution in [1.29, 1.82) is 0 Å². The first-order valence-electron chi connectivity index (χ1n) is 13.1. The molecule has 2 heterocycles. The second kappa shape index (κ2) is 11.0. The van der Waals surface area contributed by atoms with E-state index in [-0.39, 0.29) is 18.3 Å². The fourth-order valence-corrected chi connectivity index (χ4v) is 7.04. The number of cyclic esters (lactones) is 1. The molecule has 4 atom stereocenters. The molecule has 2 amide bonds. The molecule has 2 aliphatic heterocycles. The van der Waals surface area contributed by atoms with Crippen LogP contribution in [0.25, 0.3) is 0 Å². The van der Waals surface area contributed by atoms with Crippen LogP contribution in [-0.2, 0) is 19.6 Å². The summed E-state index contributed by atoms with van der Waals surface area (Å²) in [5.74, 6) is -0.253. The Kier molecular flexibility index (Phi) is 7.38. The number of esters is 1. The number of halogens is 1. The van der Waals surface area contributed by atoms with E-state index in [1.54, 1.807) is 24.3 Å². The van der Waals surface area contributed by atoms with Crippen LogP contribution in [0.1, 0.15) is 28.7 Å². The summed E-state index contributed by atoms with van der Waals surface area (Å²) in [5.41, 5.74) is 1.95. The maximum atomic E-state index is 13.3. The average molecular weight is 631 g/mol. The van der Waals surface area contributed by atoms with Crippen molar-refractivity contribution in [1.82, 2.24) is 10.0 Å². The van der Waals surface area contributed by atoms with Crippen LogP contribution in [0.5, 0.6) is 28.7 Å². The molecular weight excluding hydrogens is 604 g/mol. The van der Waals surface area contributed by atoms with Gasteiger partial charge < -0.3 is 33.7 Å². The predicted molar refractivity (Wildman–Crippen MR) is 151 cm³/mol. The SMILES string of the molecule is COc1cc([C@@H]2c3cc4c(cc3[C@@H](NC(=O)NS(=O)(=O)c3ccc(Cl)cc3)[C@H]3COC(=O)[C@H]23)OCO4)cc(OC)c1OC. The topological polar surface area (TPSA) is 148 Å². The Hall–Kier alpha value is -4.36. The molecule has 0 spiro atoms. The van der Waals surface area contributed by atoms with Crippen LogP contribution in [0.15, 0.2) is 53.4 Å². The van der Waals surface area contributed by atoms with Crippen LogP contribution in [-0.4, -0.2) is 55.1 Å². The fraction of sp³-hybridized carbons (Fsp3) is 0.310. The van der Waals surface area contributed by atoms with E-state index in [4.69, 9.17) is 40.0 Å². The van der Waals surface area contributed by atoms with E-state index in [2.05, 4.69) is 5.32 Å². The van der Waals surface area contributed by atoms with Gasteiger partial charge in [0, 0.05) is 16.9 Å². The zero-order valence-electron chi connectivity index (χ0n) is 23.2. The first-order valence-corrected chi connectivity index (χ1v) is 15.0. The van der Waals surface area contributed by atoms with Crippen LogP contribution in [0.4, 0.5) is 4.79 Å². The molecule has 6 rings (SSSR count). The lowest BCUT2D eigenvalue weighted by Gasteiger charge is -2.39. The van der Waals surface area contributed by atoms with Gasteiger partial charge in [-0.2, -0.15) is 0 Å². The Morgan fingerprint density at radius 1 is 0.907 bits per heavy atom. The van der Waals surface area contributed by atoms with Gasteiger partial charge in [-0.3, -0.25) is 4.79 Å². The molecule has 1 saturated heterocycles. The predicted octanol–water partition coefficient (Wildman–Crippen LogP) is 3.76. The molecule has 14 heteroatoms. The van der Waals surface area contributed by atoms with Gasteiger partial charge in [0.25, 0.3) is 10.0 Å². The molecule has 1 aliphatic carbocycles. The molecule has 2 N–H and O–H groups in total. The number of nitrogens with one attached hydrogen (secondary N) is 2. The number of methoxy groups -OCH3 is 3. The molecule has 3 aromatic carbocycles. The zero-order chi connectivity index (χ0) is 30.5. The molecule has 12 nitrogen and oxygen atoms in total. The third-order valence-electron chi connectivity index (χ3n) is 7.87. The van der Waals surface area contributed by atoms with Crippen molar-refractivity contribution in [3.05, 3.63) is 70.2 Å². The highest BCUT2D eigenvalue weighted by atomic mass is 35.5. The number of urea groups is 1. The molecule has 0 radical (unpaired) electrons. The van der Waals surface area contributed by atoms with Crippen molar-refractivity contribution in [2.45, 2.75) is 16.9 Å². The summed E-state index contributed by atoms with van der Waals surface area (Å²) in [4.78, 5) is 26.4. The lowest BCUT2D eigenvalue weighted by atomic mass is 9.65. The summed E-state index contributed by atoms with van der Waals surface area (Å²) >= 11 is 5.88. The minimum absolute atomic E-state index is 0.000108. The Morgan fingerprint density at radius 3 is 2.14 bits per heavy atom. The van der Waals surface area contributed by atoms with Crippen molar-refractivity contribution < 1.29 is 46.4 Å². The van der Waals surface area contributed by atoms with Crippen LogP contribution in [0, 0.1) is 11.8 Å². The second-order valence-corrected chi connectivity index (χ2v) is 12.2. The van der Waals surface area contributed by atoms with Crippen LogP contribution in [0.3, 0.4) is 0 Å². The quantitative estimate of drug-likeness (QED) is 0.370. The van der Waals surface area contributed by atoms with Crippen molar-refractivity contribution in [2.24, 2.45) is 11.8 Å². The van der Waals surface area contributed by atoms with Gasteiger partial charge in [-0.1, -0.05) is 11.6 Å². The molecular formula is C29H27ClN2O10S. The number of carbonyl (C=O) groups excluding carboxylic acids is 2. The Labute approximate surface area is 252 Å². The van der Waals surface area contributed by atoms with E-state index < -0.39 is 45.8 Å². The van der Waals surface area contributed by atoms with Crippen molar-refractivity contribution in [3.63, 3.8) is 0 Å². The van der Waals surface area contributed by atoms with Crippen LogP contribution < -0.4 is 33.7 Å². The minimum atomic E-state index is -4.23. The van der Waals surface area contributed by atoms with Crippen LogP contribution >= 0.6 is 11.6 Å². The Balaban J connectivity index is 1.43. The lowest BCUT2D eigenvalue weighted by molar-refractivity contribution is -0.141. The Bertz CT molecular complexity index is 1690. The third kappa shape index (κ3) is 5.01. The molecule has 0 saturated carbocycles. The summed E-state index contributed by atoms with van der Waals surface area (Å²) in [7, 11) is 0.264. The van der Waals surface area contributed by atoms with Gasteiger partial charge in [0.15, 0.2) is 23.0 Å². The smallest absolute Gasteiger partial charge is 0.329 e. The van der Waals surface area contributed by atoms with Crippen molar-refractivity contribution in [2.75, 3.05) is 34.7 Å². The maximum Gasteiger partial charge on any atom is 0.329 e. The number of amides is 2. The summed E-state index contributed by atoms with van der Waals surface area (Å²) in [6, 6.07) is 10.6. The van der Waals surface area contributed by atoms with Gasteiger partial charge in [0.1, 0.15) is 0 Å². The lowest BCUT2D eigenvalue weighted by Crippen LogP contribution is -2.47. The minimum Gasteiger partial charge on any atom is -0.493 e. The molecule has 0 unspecified atom stereocenters. The van der Waals surface area contributed by atoms with Gasteiger partial charge in [-0.05, 0) is 65.2 Å². The van der Waals surface area contributed by atoms with E-state index in [1.165, 1.54) is 45.6 Å². The van der Waals surface area contributed by atoms with Gasteiger partial charge in [0.05, 0.1) is 44.8 Å². The number of ether oxygens (including phenoxy) is 6. The normalized spacial score (nSPS) is 21.7. The van der Waals surface area contributed by atoms with Gasteiger partial charge in [-0.25, -0.2) is 17.9 Å². The first-order chi connectivity index (χ1) is 20.6. The third-order valence-corrected chi connectivity index (χ3v) is 9.47.